The fourth-order valence-electron chi connectivity index (χ4n) is 2.59. The van der Waals surface area contributed by atoms with E-state index in [0.717, 1.165) is 17.7 Å². The maximum atomic E-state index is 12.4. The quantitative estimate of drug-likeness (QED) is 0.781. The van der Waals surface area contributed by atoms with Crippen LogP contribution in [0.15, 0.2) is 17.5 Å². The van der Waals surface area contributed by atoms with Crippen molar-refractivity contribution in [2.24, 2.45) is 11.3 Å². The van der Waals surface area contributed by atoms with E-state index in [1.807, 2.05) is 24.4 Å². The second kappa shape index (κ2) is 5.97. The number of thiophene rings is 1. The van der Waals surface area contributed by atoms with Crippen molar-refractivity contribution in [2.45, 2.75) is 52.1 Å². The molecule has 5 heteroatoms. The Hall–Kier alpha value is -1.07. The first-order valence-corrected chi connectivity index (χ1v) is 8.37. The van der Waals surface area contributed by atoms with E-state index in [0.29, 0.717) is 5.92 Å². The number of rotatable bonds is 5. The van der Waals surface area contributed by atoms with Gasteiger partial charge in [0.1, 0.15) is 0 Å². The zero-order valence-electron chi connectivity index (χ0n) is 13.3. The van der Waals surface area contributed by atoms with Crippen LogP contribution in [0.3, 0.4) is 0 Å². The summed E-state index contributed by atoms with van der Waals surface area (Å²) >= 11 is 1.65. The maximum absolute atomic E-state index is 12.4. The predicted molar refractivity (Wildman–Crippen MR) is 86.4 cm³/mol. The highest BCUT2D eigenvalue weighted by molar-refractivity contribution is 7.10. The van der Waals surface area contributed by atoms with Crippen LogP contribution in [0.1, 0.15) is 51.5 Å². The largest absolute Gasteiger partial charge is 0.394 e. The van der Waals surface area contributed by atoms with E-state index in [-0.39, 0.29) is 24.1 Å². The third kappa shape index (κ3) is 3.98. The first-order chi connectivity index (χ1) is 9.76. The summed E-state index contributed by atoms with van der Waals surface area (Å²) in [6.07, 6.45) is 2.15. The zero-order chi connectivity index (χ0) is 15.7. The predicted octanol–water partition coefficient (Wildman–Crippen LogP) is 3.30. The Morgan fingerprint density at radius 1 is 1.43 bits per heavy atom. The molecule has 0 radical (unpaired) electrons. The van der Waals surface area contributed by atoms with Gasteiger partial charge in [0.25, 0.3) is 0 Å². The van der Waals surface area contributed by atoms with Crippen LogP contribution < -0.4 is 10.6 Å². The van der Waals surface area contributed by atoms with Crippen molar-refractivity contribution in [3.05, 3.63) is 22.4 Å². The smallest absolute Gasteiger partial charge is 0.315 e. The second-order valence-electron chi connectivity index (χ2n) is 7.26. The lowest BCUT2D eigenvalue weighted by molar-refractivity contribution is 0.150. The lowest BCUT2D eigenvalue weighted by Gasteiger charge is -2.34. The topological polar surface area (TPSA) is 61.4 Å². The van der Waals surface area contributed by atoms with Crippen LogP contribution in [-0.2, 0) is 0 Å². The molecule has 118 valence electrons. The number of aliphatic hydroxyl groups is 1. The van der Waals surface area contributed by atoms with Gasteiger partial charge in [0.15, 0.2) is 0 Å². The Morgan fingerprint density at radius 3 is 2.52 bits per heavy atom. The van der Waals surface area contributed by atoms with Crippen molar-refractivity contribution in [1.29, 1.82) is 0 Å². The summed E-state index contributed by atoms with van der Waals surface area (Å²) in [6, 6.07) is 3.80. The molecule has 1 aromatic heterocycles. The monoisotopic (exact) mass is 310 g/mol. The summed E-state index contributed by atoms with van der Waals surface area (Å²) in [5, 5.41) is 17.7. The number of hydrogen-bond acceptors (Lipinski definition) is 3. The lowest BCUT2D eigenvalue weighted by atomic mass is 9.86. The molecule has 21 heavy (non-hydrogen) atoms. The van der Waals surface area contributed by atoms with Crippen molar-refractivity contribution < 1.29 is 9.90 Å². The molecule has 1 aliphatic rings. The van der Waals surface area contributed by atoms with Crippen molar-refractivity contribution >= 4 is 17.4 Å². The number of carbonyl (C=O) groups excluding carboxylic acids is 1. The first kappa shape index (κ1) is 16.3. The molecule has 2 atom stereocenters. The van der Waals surface area contributed by atoms with Gasteiger partial charge in [-0.1, -0.05) is 26.8 Å². The normalized spacial score (nSPS) is 19.7. The number of hydrogen-bond donors (Lipinski definition) is 3. The van der Waals surface area contributed by atoms with Gasteiger partial charge in [-0.2, -0.15) is 0 Å². The van der Waals surface area contributed by atoms with E-state index in [1.165, 1.54) is 0 Å². The first-order valence-electron chi connectivity index (χ1n) is 7.49. The summed E-state index contributed by atoms with van der Waals surface area (Å²) in [6.45, 7) is 8.24. The number of nitrogens with one attached hydrogen (secondary N) is 2. The van der Waals surface area contributed by atoms with Crippen LogP contribution in [0.25, 0.3) is 0 Å². The fraction of sp³-hybridized carbons (Fsp3) is 0.688. The van der Waals surface area contributed by atoms with E-state index in [4.69, 9.17) is 0 Å². The summed E-state index contributed by atoms with van der Waals surface area (Å²) < 4.78 is 0. The fourth-order valence-corrected chi connectivity index (χ4v) is 3.61. The van der Waals surface area contributed by atoms with Gasteiger partial charge in [-0.15, -0.1) is 11.3 Å². The minimum Gasteiger partial charge on any atom is -0.394 e. The van der Waals surface area contributed by atoms with Crippen molar-refractivity contribution in [3.8, 4) is 0 Å². The van der Waals surface area contributed by atoms with Gasteiger partial charge in [-0.05, 0) is 42.5 Å². The van der Waals surface area contributed by atoms with Crippen molar-refractivity contribution in [2.75, 3.05) is 6.61 Å². The van der Waals surface area contributed by atoms with Crippen molar-refractivity contribution in [1.82, 2.24) is 10.6 Å². The molecule has 1 heterocycles. The number of urea groups is 1. The minimum atomic E-state index is -0.512. The SMILES string of the molecule is CC(C)(C)C(NC(=O)NC(C)(CO)C1CC1)c1cccs1. The highest BCUT2D eigenvalue weighted by Crippen LogP contribution is 2.39. The van der Waals surface area contributed by atoms with Gasteiger partial charge in [-0.3, -0.25) is 0 Å². The van der Waals surface area contributed by atoms with E-state index in [9.17, 15) is 9.90 Å². The average molecular weight is 310 g/mol. The molecule has 1 aromatic rings. The summed E-state index contributed by atoms with van der Waals surface area (Å²) in [4.78, 5) is 13.5. The lowest BCUT2D eigenvalue weighted by Crippen LogP contribution is -2.55. The van der Waals surface area contributed by atoms with E-state index in [2.05, 4.69) is 31.4 Å². The highest BCUT2D eigenvalue weighted by Gasteiger charge is 2.42. The van der Waals surface area contributed by atoms with Crippen LogP contribution in [0, 0.1) is 11.3 Å². The molecule has 0 aromatic carbocycles. The van der Waals surface area contributed by atoms with Crippen LogP contribution in [-0.4, -0.2) is 23.3 Å². The molecule has 4 nitrogen and oxygen atoms in total. The van der Waals surface area contributed by atoms with Crippen LogP contribution in [0.2, 0.25) is 0 Å². The Kier molecular flexibility index (Phi) is 4.63. The van der Waals surface area contributed by atoms with E-state index >= 15 is 0 Å². The zero-order valence-corrected chi connectivity index (χ0v) is 14.1. The molecular weight excluding hydrogens is 284 g/mol. The van der Waals surface area contributed by atoms with Crippen molar-refractivity contribution in [3.63, 3.8) is 0 Å². The molecule has 0 aliphatic heterocycles. The molecule has 2 amide bonds. The average Bonchev–Trinajstić information content (AvgIpc) is 3.12. The van der Waals surface area contributed by atoms with Gasteiger partial charge < -0.3 is 15.7 Å². The molecule has 1 fully saturated rings. The van der Waals surface area contributed by atoms with E-state index < -0.39 is 5.54 Å². The van der Waals surface area contributed by atoms with Gasteiger partial charge in [-0.25, -0.2) is 4.79 Å². The summed E-state index contributed by atoms with van der Waals surface area (Å²) in [5.74, 6) is 0.392. The number of amides is 2. The van der Waals surface area contributed by atoms with Gasteiger partial charge in [0, 0.05) is 4.88 Å². The van der Waals surface area contributed by atoms with Gasteiger partial charge in [0.05, 0.1) is 18.2 Å². The second-order valence-corrected chi connectivity index (χ2v) is 8.24. The van der Waals surface area contributed by atoms with Gasteiger partial charge in [0.2, 0.25) is 0 Å². The van der Waals surface area contributed by atoms with Gasteiger partial charge >= 0.3 is 6.03 Å². The third-order valence-electron chi connectivity index (χ3n) is 4.18. The van der Waals surface area contributed by atoms with Crippen LogP contribution >= 0.6 is 11.3 Å². The Balaban J connectivity index is 2.05. The maximum Gasteiger partial charge on any atom is 0.315 e. The summed E-state index contributed by atoms with van der Waals surface area (Å²) in [7, 11) is 0. The minimum absolute atomic E-state index is 0.0235. The Morgan fingerprint density at radius 2 is 2.10 bits per heavy atom. The third-order valence-corrected chi connectivity index (χ3v) is 5.11. The standard InChI is InChI=1S/C16H26N2O2S/c1-15(2,3)13(12-6-5-9-21-12)17-14(20)18-16(4,10-19)11-7-8-11/h5-6,9,11,13,19H,7-8,10H2,1-4H3,(H2,17,18,20). The number of carbonyl (C=O) groups is 1. The Labute approximate surface area is 131 Å². The molecular formula is C16H26N2O2S. The molecule has 1 aliphatic carbocycles. The Bertz CT molecular complexity index is 477. The molecule has 0 bridgehead atoms. The molecule has 1 saturated carbocycles. The van der Waals surface area contributed by atoms with E-state index in [1.54, 1.807) is 11.3 Å². The molecule has 3 N–H and O–H groups in total. The molecule has 0 spiro atoms. The molecule has 2 unspecified atom stereocenters. The summed E-state index contributed by atoms with van der Waals surface area (Å²) in [5.41, 5.74) is -0.584. The number of aliphatic hydroxyl groups excluding tert-OH is 1. The molecule has 2 rings (SSSR count). The van der Waals surface area contributed by atoms with Crippen LogP contribution in [0.4, 0.5) is 4.79 Å². The van der Waals surface area contributed by atoms with Crippen LogP contribution in [0.5, 0.6) is 0 Å². The molecule has 0 saturated heterocycles. The highest BCUT2D eigenvalue weighted by atomic mass is 32.1.